The van der Waals surface area contributed by atoms with Gasteiger partial charge in [0.05, 0.1) is 12.5 Å². The average molecular weight is 222 g/mol. The van der Waals surface area contributed by atoms with Crippen LogP contribution in [0.2, 0.25) is 0 Å². The van der Waals surface area contributed by atoms with Gasteiger partial charge in [0.1, 0.15) is 0 Å². The number of para-hydroxylation sites is 1. The van der Waals surface area contributed by atoms with Gasteiger partial charge in [0, 0.05) is 6.54 Å². The molecule has 84 valence electrons. The largest absolute Gasteiger partial charge is 0.481 e. The van der Waals surface area contributed by atoms with Gasteiger partial charge in [-0.15, -0.1) is 0 Å². The highest BCUT2D eigenvalue weighted by atomic mass is 19.1. The van der Waals surface area contributed by atoms with Crippen LogP contribution in [0, 0.1) is 17.1 Å². The molecule has 0 aliphatic rings. The van der Waals surface area contributed by atoms with Crippen LogP contribution in [0.1, 0.15) is 6.42 Å². The van der Waals surface area contributed by atoms with E-state index in [1.165, 1.54) is 18.2 Å². The zero-order chi connectivity index (χ0) is 11.8. The topological polar surface area (TPSA) is 62.1 Å². The number of benzene rings is 1. The van der Waals surface area contributed by atoms with Crippen LogP contribution < -0.4 is 10.1 Å². The summed E-state index contributed by atoms with van der Waals surface area (Å²) >= 11 is 0. The van der Waals surface area contributed by atoms with Crippen LogP contribution in [0.3, 0.4) is 0 Å². The molecule has 0 heterocycles. The van der Waals surface area contributed by atoms with Gasteiger partial charge in [-0.2, -0.15) is 5.26 Å². The van der Waals surface area contributed by atoms with Crippen LogP contribution in [-0.4, -0.2) is 19.1 Å². The van der Waals surface area contributed by atoms with Crippen molar-refractivity contribution in [3.63, 3.8) is 0 Å². The third kappa shape index (κ3) is 3.96. The molecular formula is C11H11FN2O2. The number of halogens is 1. The van der Waals surface area contributed by atoms with Gasteiger partial charge in [-0.05, 0) is 12.1 Å². The van der Waals surface area contributed by atoms with Gasteiger partial charge in [-0.1, -0.05) is 12.1 Å². The SMILES string of the molecule is N#CCCNC(=O)COc1ccccc1F. The highest BCUT2D eigenvalue weighted by Crippen LogP contribution is 2.14. The van der Waals surface area contributed by atoms with E-state index in [-0.39, 0.29) is 31.2 Å². The molecule has 1 aromatic carbocycles. The van der Waals surface area contributed by atoms with Gasteiger partial charge in [0.25, 0.3) is 5.91 Å². The van der Waals surface area contributed by atoms with Gasteiger partial charge in [-0.3, -0.25) is 4.79 Å². The van der Waals surface area contributed by atoms with Crippen molar-refractivity contribution in [2.24, 2.45) is 0 Å². The smallest absolute Gasteiger partial charge is 0.257 e. The average Bonchev–Trinajstić information content (AvgIpc) is 2.28. The van der Waals surface area contributed by atoms with Gasteiger partial charge >= 0.3 is 0 Å². The Kier molecular flexibility index (Phi) is 4.80. The second kappa shape index (κ2) is 6.40. The Bertz CT molecular complexity index is 401. The quantitative estimate of drug-likeness (QED) is 0.762. The number of amides is 1. The monoisotopic (exact) mass is 222 g/mol. The molecule has 4 nitrogen and oxygen atoms in total. The third-order valence-corrected chi connectivity index (χ3v) is 1.75. The van der Waals surface area contributed by atoms with Gasteiger partial charge in [0.2, 0.25) is 0 Å². The first-order valence-electron chi connectivity index (χ1n) is 4.75. The molecule has 0 aromatic heterocycles. The van der Waals surface area contributed by atoms with Crippen molar-refractivity contribution in [3.05, 3.63) is 30.1 Å². The highest BCUT2D eigenvalue weighted by molar-refractivity contribution is 5.77. The summed E-state index contributed by atoms with van der Waals surface area (Å²) in [5.41, 5.74) is 0. The molecule has 16 heavy (non-hydrogen) atoms. The fraction of sp³-hybridized carbons (Fsp3) is 0.273. The third-order valence-electron chi connectivity index (χ3n) is 1.75. The summed E-state index contributed by atoms with van der Waals surface area (Å²) in [4.78, 5) is 11.1. The van der Waals surface area contributed by atoms with E-state index >= 15 is 0 Å². The van der Waals surface area contributed by atoms with Crippen molar-refractivity contribution >= 4 is 5.91 Å². The molecule has 0 saturated heterocycles. The summed E-state index contributed by atoms with van der Waals surface area (Å²) in [6.07, 6.45) is 0.242. The number of nitriles is 1. The summed E-state index contributed by atoms with van der Waals surface area (Å²) < 4.78 is 18.0. The van der Waals surface area contributed by atoms with Crippen LogP contribution in [-0.2, 0) is 4.79 Å². The van der Waals surface area contributed by atoms with Crippen LogP contribution in [0.15, 0.2) is 24.3 Å². The summed E-state index contributed by atoms with van der Waals surface area (Å²) in [6.45, 7) is 0.0162. The van der Waals surface area contributed by atoms with Crippen molar-refractivity contribution in [3.8, 4) is 11.8 Å². The molecular weight excluding hydrogens is 211 g/mol. The first-order valence-corrected chi connectivity index (χ1v) is 4.75. The summed E-state index contributed by atoms with van der Waals surface area (Å²) in [5.74, 6) is -0.844. The molecule has 1 aromatic rings. The number of nitrogens with one attached hydrogen (secondary N) is 1. The number of carbonyl (C=O) groups excluding carboxylic acids is 1. The van der Waals surface area contributed by atoms with E-state index < -0.39 is 5.82 Å². The van der Waals surface area contributed by atoms with Crippen molar-refractivity contribution in [1.82, 2.24) is 5.32 Å². The number of hydrogen-bond acceptors (Lipinski definition) is 3. The lowest BCUT2D eigenvalue weighted by Crippen LogP contribution is -2.29. The van der Waals surface area contributed by atoms with E-state index in [0.717, 1.165) is 0 Å². The van der Waals surface area contributed by atoms with E-state index in [2.05, 4.69) is 5.32 Å². The standard InChI is InChI=1S/C11H11FN2O2/c12-9-4-1-2-5-10(9)16-8-11(15)14-7-3-6-13/h1-2,4-5H,3,7-8H2,(H,14,15). The van der Waals surface area contributed by atoms with E-state index in [4.69, 9.17) is 10.00 Å². The normalized spacial score (nSPS) is 9.25. The minimum Gasteiger partial charge on any atom is -0.481 e. The molecule has 1 amide bonds. The summed E-state index contributed by atoms with van der Waals surface area (Å²) in [5, 5.41) is 10.7. The van der Waals surface area contributed by atoms with Crippen LogP contribution in [0.5, 0.6) is 5.75 Å². The Labute approximate surface area is 92.6 Å². The predicted molar refractivity (Wildman–Crippen MR) is 55.1 cm³/mol. The number of nitrogens with zero attached hydrogens (tertiary/aromatic N) is 1. The van der Waals surface area contributed by atoms with Crippen LogP contribution in [0.25, 0.3) is 0 Å². The Morgan fingerprint density at radius 1 is 1.50 bits per heavy atom. The van der Waals surface area contributed by atoms with Crippen molar-refractivity contribution in [1.29, 1.82) is 5.26 Å². The Morgan fingerprint density at radius 3 is 2.94 bits per heavy atom. The number of hydrogen-bond donors (Lipinski definition) is 1. The van der Waals surface area contributed by atoms with Crippen molar-refractivity contribution in [2.75, 3.05) is 13.2 Å². The minimum atomic E-state index is -0.507. The number of ether oxygens (including phenoxy) is 1. The minimum absolute atomic E-state index is 0.0398. The first kappa shape index (κ1) is 12.0. The van der Waals surface area contributed by atoms with Crippen molar-refractivity contribution in [2.45, 2.75) is 6.42 Å². The maximum absolute atomic E-state index is 13.0. The van der Waals surface area contributed by atoms with Gasteiger partial charge in [0.15, 0.2) is 18.2 Å². The maximum Gasteiger partial charge on any atom is 0.257 e. The first-order chi connectivity index (χ1) is 7.74. The molecule has 1 N–H and O–H groups in total. The van der Waals surface area contributed by atoms with Crippen LogP contribution in [0.4, 0.5) is 4.39 Å². The van der Waals surface area contributed by atoms with E-state index in [0.29, 0.717) is 0 Å². The van der Waals surface area contributed by atoms with Crippen molar-refractivity contribution < 1.29 is 13.9 Å². The molecule has 0 aliphatic carbocycles. The number of carbonyl (C=O) groups is 1. The molecule has 0 bridgehead atoms. The van der Waals surface area contributed by atoms with E-state index in [1.54, 1.807) is 6.07 Å². The Balaban J connectivity index is 2.32. The maximum atomic E-state index is 13.0. The van der Waals surface area contributed by atoms with Gasteiger partial charge < -0.3 is 10.1 Å². The second-order valence-corrected chi connectivity index (χ2v) is 2.98. The molecule has 0 radical (unpaired) electrons. The molecule has 0 aliphatic heterocycles. The molecule has 0 atom stereocenters. The fourth-order valence-electron chi connectivity index (χ4n) is 1.01. The molecule has 0 spiro atoms. The fourth-order valence-corrected chi connectivity index (χ4v) is 1.01. The lowest BCUT2D eigenvalue weighted by molar-refractivity contribution is -0.123. The zero-order valence-electron chi connectivity index (χ0n) is 8.57. The molecule has 0 unspecified atom stereocenters. The molecule has 5 heteroatoms. The van der Waals surface area contributed by atoms with Gasteiger partial charge in [-0.25, -0.2) is 4.39 Å². The summed E-state index contributed by atoms with van der Waals surface area (Å²) in [7, 11) is 0. The number of rotatable bonds is 5. The van der Waals surface area contributed by atoms with E-state index in [1.807, 2.05) is 6.07 Å². The Morgan fingerprint density at radius 2 is 2.25 bits per heavy atom. The highest BCUT2D eigenvalue weighted by Gasteiger charge is 2.05. The summed E-state index contributed by atoms with van der Waals surface area (Å²) in [6, 6.07) is 7.74. The zero-order valence-corrected chi connectivity index (χ0v) is 8.57. The van der Waals surface area contributed by atoms with E-state index in [9.17, 15) is 9.18 Å². The lowest BCUT2D eigenvalue weighted by atomic mass is 10.3. The molecule has 1 rings (SSSR count). The predicted octanol–water partition coefficient (Wildman–Crippen LogP) is 1.23. The second-order valence-electron chi connectivity index (χ2n) is 2.98. The Hall–Kier alpha value is -2.09. The molecule has 0 saturated carbocycles. The van der Waals surface area contributed by atoms with Crippen LogP contribution >= 0.6 is 0 Å². The lowest BCUT2D eigenvalue weighted by Gasteiger charge is -2.06. The molecule has 0 fully saturated rings.